The van der Waals surface area contributed by atoms with Gasteiger partial charge >= 0.3 is 5.37 Å². The van der Waals surface area contributed by atoms with Crippen LogP contribution >= 0.6 is 11.6 Å². The van der Waals surface area contributed by atoms with E-state index in [9.17, 15) is 4.79 Å². The lowest BCUT2D eigenvalue weighted by molar-refractivity contribution is 0.222. The van der Waals surface area contributed by atoms with Crippen molar-refractivity contribution in [2.24, 2.45) is 0 Å². The molecule has 0 N–H and O–H groups in total. The van der Waals surface area contributed by atoms with E-state index < -0.39 is 0 Å². The molecule has 4 heteroatoms. The molecule has 0 aromatic heterocycles. The second-order valence-corrected chi connectivity index (χ2v) is 3.55. The van der Waals surface area contributed by atoms with Gasteiger partial charge in [0.15, 0.2) is 0 Å². The Morgan fingerprint density at radius 2 is 2.08 bits per heavy atom. The lowest BCUT2D eigenvalue weighted by atomic mass is 10.4. The Morgan fingerprint density at radius 3 is 2.58 bits per heavy atom. The van der Waals surface area contributed by atoms with Crippen LogP contribution in [-0.4, -0.2) is 48.4 Å². The molecule has 0 aromatic rings. The van der Waals surface area contributed by atoms with Gasteiger partial charge in [0.1, 0.15) is 0 Å². The molecule has 0 unspecified atom stereocenters. The van der Waals surface area contributed by atoms with Crippen LogP contribution in [0.5, 0.6) is 0 Å². The molecule has 1 amide bonds. The third-order valence-corrected chi connectivity index (χ3v) is 2.54. The minimum Gasteiger partial charge on any atom is -0.331 e. The van der Waals surface area contributed by atoms with Crippen LogP contribution < -0.4 is 0 Å². The van der Waals surface area contributed by atoms with Gasteiger partial charge < -0.3 is 9.80 Å². The van der Waals surface area contributed by atoms with Gasteiger partial charge in [-0.15, -0.1) is 0 Å². The van der Waals surface area contributed by atoms with E-state index in [0.717, 1.165) is 13.1 Å². The minimum atomic E-state index is -0.366. The van der Waals surface area contributed by atoms with E-state index in [0.29, 0.717) is 0 Å². The van der Waals surface area contributed by atoms with Crippen molar-refractivity contribution in [2.45, 2.75) is 12.8 Å². The molecule has 3 nitrogen and oxygen atoms in total. The fraction of sp³-hybridized carbons (Fsp3) is 0.875. The lowest BCUT2D eigenvalue weighted by Gasteiger charge is -2.19. The van der Waals surface area contributed by atoms with Crippen LogP contribution in [0.3, 0.4) is 0 Å². The molecule has 1 saturated heterocycles. The largest absolute Gasteiger partial charge is 0.331 e. The average molecular weight is 191 g/mol. The highest BCUT2D eigenvalue weighted by Gasteiger charge is 2.12. The van der Waals surface area contributed by atoms with Crippen LogP contribution in [0, 0.1) is 0 Å². The van der Waals surface area contributed by atoms with Gasteiger partial charge in [-0.25, -0.2) is 0 Å². The first-order chi connectivity index (χ1) is 5.70. The maximum absolute atomic E-state index is 10.6. The summed E-state index contributed by atoms with van der Waals surface area (Å²) < 4.78 is 0. The number of carbonyl (C=O) groups is 1. The molecule has 0 aliphatic carbocycles. The SMILES string of the molecule is CN(CCN1CCCC1)C(=O)Cl. The highest BCUT2D eigenvalue weighted by atomic mass is 35.5. The molecule has 70 valence electrons. The monoisotopic (exact) mass is 190 g/mol. The van der Waals surface area contributed by atoms with Gasteiger partial charge in [-0.3, -0.25) is 4.79 Å². The number of carbonyl (C=O) groups excluding carboxylic acids is 1. The molecule has 0 spiro atoms. The number of likely N-dealkylation sites (tertiary alicyclic amines) is 1. The van der Waals surface area contributed by atoms with Gasteiger partial charge in [-0.2, -0.15) is 0 Å². The third kappa shape index (κ3) is 2.99. The molecule has 0 saturated carbocycles. The first-order valence-corrected chi connectivity index (χ1v) is 4.71. The van der Waals surface area contributed by atoms with Crippen LogP contribution in [0.4, 0.5) is 4.79 Å². The molecule has 0 atom stereocenters. The van der Waals surface area contributed by atoms with Crippen molar-refractivity contribution in [1.29, 1.82) is 0 Å². The zero-order valence-electron chi connectivity index (χ0n) is 7.42. The van der Waals surface area contributed by atoms with Crippen molar-refractivity contribution in [1.82, 2.24) is 9.80 Å². The topological polar surface area (TPSA) is 23.6 Å². The van der Waals surface area contributed by atoms with Crippen molar-refractivity contribution >= 4 is 17.0 Å². The summed E-state index contributed by atoms with van der Waals surface area (Å²) in [5.74, 6) is 0. The number of halogens is 1. The Hall–Kier alpha value is -0.280. The van der Waals surface area contributed by atoms with Gasteiger partial charge in [0.05, 0.1) is 0 Å². The molecular weight excluding hydrogens is 176 g/mol. The minimum absolute atomic E-state index is 0.366. The quantitative estimate of drug-likeness (QED) is 0.496. The molecule has 0 bridgehead atoms. The van der Waals surface area contributed by atoms with Gasteiger partial charge in [0.2, 0.25) is 0 Å². The predicted octanol–water partition coefficient (Wildman–Crippen LogP) is 1.37. The van der Waals surface area contributed by atoms with Crippen LogP contribution in [0.15, 0.2) is 0 Å². The summed E-state index contributed by atoms with van der Waals surface area (Å²) in [7, 11) is 1.73. The summed E-state index contributed by atoms with van der Waals surface area (Å²) >= 11 is 5.28. The summed E-state index contributed by atoms with van der Waals surface area (Å²) in [5, 5.41) is -0.366. The Morgan fingerprint density at radius 1 is 1.50 bits per heavy atom. The van der Waals surface area contributed by atoms with Crippen LogP contribution in [0.1, 0.15) is 12.8 Å². The Labute approximate surface area is 78.3 Å². The highest BCUT2D eigenvalue weighted by Crippen LogP contribution is 2.06. The number of likely N-dealkylation sites (N-methyl/N-ethyl adjacent to an activating group) is 1. The predicted molar refractivity (Wildman–Crippen MR) is 49.6 cm³/mol. The zero-order chi connectivity index (χ0) is 8.97. The second-order valence-electron chi connectivity index (χ2n) is 3.22. The van der Waals surface area contributed by atoms with Crippen LogP contribution in [0.25, 0.3) is 0 Å². The Kier molecular flexibility index (Phi) is 3.82. The summed E-state index contributed by atoms with van der Waals surface area (Å²) in [4.78, 5) is 14.5. The first kappa shape index (κ1) is 9.81. The van der Waals surface area contributed by atoms with Gasteiger partial charge in [-0.1, -0.05) is 0 Å². The van der Waals surface area contributed by atoms with E-state index in [1.807, 2.05) is 0 Å². The molecular formula is C8H15ClN2O. The normalized spacial score (nSPS) is 18.2. The fourth-order valence-corrected chi connectivity index (χ4v) is 1.47. The van der Waals surface area contributed by atoms with Crippen molar-refractivity contribution in [3.05, 3.63) is 0 Å². The smallest absolute Gasteiger partial charge is 0.316 e. The number of rotatable bonds is 3. The molecule has 12 heavy (non-hydrogen) atoms. The highest BCUT2D eigenvalue weighted by molar-refractivity contribution is 6.62. The van der Waals surface area contributed by atoms with Crippen molar-refractivity contribution in [3.8, 4) is 0 Å². The first-order valence-electron chi connectivity index (χ1n) is 4.33. The van der Waals surface area contributed by atoms with E-state index in [1.54, 1.807) is 11.9 Å². The van der Waals surface area contributed by atoms with Gasteiger partial charge in [0, 0.05) is 20.1 Å². The van der Waals surface area contributed by atoms with Crippen LogP contribution in [0.2, 0.25) is 0 Å². The lowest BCUT2D eigenvalue weighted by Crippen LogP contribution is -2.32. The van der Waals surface area contributed by atoms with Crippen molar-refractivity contribution in [3.63, 3.8) is 0 Å². The maximum atomic E-state index is 10.6. The molecule has 0 radical (unpaired) electrons. The molecule has 1 rings (SSSR count). The Balaban J connectivity index is 2.11. The molecule has 1 heterocycles. The maximum Gasteiger partial charge on any atom is 0.316 e. The number of nitrogens with zero attached hydrogens (tertiary/aromatic N) is 2. The summed E-state index contributed by atoms with van der Waals surface area (Å²) in [5.41, 5.74) is 0. The van der Waals surface area contributed by atoms with Crippen LogP contribution in [-0.2, 0) is 0 Å². The fourth-order valence-electron chi connectivity index (χ4n) is 1.39. The number of amides is 1. The third-order valence-electron chi connectivity index (χ3n) is 2.25. The average Bonchev–Trinajstić information content (AvgIpc) is 2.51. The van der Waals surface area contributed by atoms with E-state index in [-0.39, 0.29) is 5.37 Å². The second kappa shape index (κ2) is 4.67. The van der Waals surface area contributed by atoms with Gasteiger partial charge in [-0.05, 0) is 37.5 Å². The molecule has 1 fully saturated rings. The van der Waals surface area contributed by atoms with E-state index >= 15 is 0 Å². The molecule has 1 aliphatic heterocycles. The van der Waals surface area contributed by atoms with E-state index in [1.165, 1.54) is 25.9 Å². The van der Waals surface area contributed by atoms with Crippen molar-refractivity contribution in [2.75, 3.05) is 33.2 Å². The standard InChI is InChI=1S/C8H15ClN2O/c1-10(8(9)12)6-7-11-4-2-3-5-11/h2-7H2,1H3. The number of hydrogen-bond donors (Lipinski definition) is 0. The summed E-state index contributed by atoms with van der Waals surface area (Å²) in [6.07, 6.45) is 2.58. The molecule has 1 aliphatic rings. The van der Waals surface area contributed by atoms with E-state index in [4.69, 9.17) is 11.6 Å². The van der Waals surface area contributed by atoms with Gasteiger partial charge in [0.25, 0.3) is 0 Å². The van der Waals surface area contributed by atoms with E-state index in [2.05, 4.69) is 4.90 Å². The Bertz CT molecular complexity index is 157. The summed E-state index contributed by atoms with van der Waals surface area (Å²) in [6.45, 7) is 4.03. The molecule has 0 aromatic carbocycles. The van der Waals surface area contributed by atoms with Crippen molar-refractivity contribution < 1.29 is 4.79 Å². The number of hydrogen-bond acceptors (Lipinski definition) is 2. The zero-order valence-corrected chi connectivity index (χ0v) is 8.18. The summed E-state index contributed by atoms with van der Waals surface area (Å²) in [6, 6.07) is 0.